The van der Waals surface area contributed by atoms with Gasteiger partial charge in [0.2, 0.25) is 0 Å². The van der Waals surface area contributed by atoms with Gasteiger partial charge in [-0.2, -0.15) is 0 Å². The molecule has 1 aromatic heterocycles. The van der Waals surface area contributed by atoms with E-state index in [9.17, 15) is 4.79 Å². The van der Waals surface area contributed by atoms with Gasteiger partial charge in [0.1, 0.15) is 0 Å². The molecular formula is C16H21NO. The summed E-state index contributed by atoms with van der Waals surface area (Å²) < 4.78 is 1.64. The Balaban J connectivity index is 0.000000771. The third-order valence-corrected chi connectivity index (χ3v) is 2.66. The number of hydrogen-bond donors (Lipinski definition) is 0. The van der Waals surface area contributed by atoms with Crippen LogP contribution < -0.4 is 5.56 Å². The zero-order valence-corrected chi connectivity index (χ0v) is 11.6. The maximum atomic E-state index is 11.6. The smallest absolute Gasteiger partial charge is 0.255 e. The van der Waals surface area contributed by atoms with Crippen molar-refractivity contribution in [3.05, 3.63) is 64.6 Å². The van der Waals surface area contributed by atoms with Crippen LogP contribution in [0.5, 0.6) is 0 Å². The lowest BCUT2D eigenvalue weighted by Gasteiger charge is -2.08. The van der Waals surface area contributed by atoms with Gasteiger partial charge in [-0.25, -0.2) is 0 Å². The molecule has 0 saturated heterocycles. The Morgan fingerprint density at radius 3 is 2.06 bits per heavy atom. The van der Waals surface area contributed by atoms with E-state index in [-0.39, 0.29) is 5.56 Å². The van der Waals surface area contributed by atoms with E-state index in [1.165, 1.54) is 5.56 Å². The number of nitrogens with zero attached hydrogens (tertiary/aromatic N) is 1. The molecule has 2 nitrogen and oxygen atoms in total. The Bertz CT molecular complexity index is 523. The maximum absolute atomic E-state index is 11.6. The van der Waals surface area contributed by atoms with Gasteiger partial charge < -0.3 is 0 Å². The minimum atomic E-state index is -0.000188. The Kier molecular flexibility index (Phi) is 5.37. The van der Waals surface area contributed by atoms with E-state index in [0.717, 1.165) is 5.69 Å². The van der Waals surface area contributed by atoms with Crippen LogP contribution in [0.15, 0.2) is 53.5 Å². The first-order chi connectivity index (χ1) is 8.68. The van der Waals surface area contributed by atoms with Crippen LogP contribution in [0.4, 0.5) is 0 Å². The van der Waals surface area contributed by atoms with Crippen molar-refractivity contribution >= 4 is 0 Å². The second-order valence-corrected chi connectivity index (χ2v) is 4.16. The first-order valence-corrected chi connectivity index (χ1v) is 6.46. The Morgan fingerprint density at radius 1 is 0.944 bits per heavy atom. The van der Waals surface area contributed by atoms with Crippen LogP contribution in [0.1, 0.15) is 39.2 Å². The molecule has 0 fully saturated rings. The molecule has 0 amide bonds. The summed E-state index contributed by atoms with van der Waals surface area (Å²) in [5, 5.41) is 0. The highest BCUT2D eigenvalue weighted by Crippen LogP contribution is 2.15. The van der Waals surface area contributed by atoms with E-state index in [4.69, 9.17) is 0 Å². The van der Waals surface area contributed by atoms with Crippen molar-refractivity contribution in [2.24, 2.45) is 0 Å². The standard InChI is InChI=1S/C14H15NO.C2H6/c1-11(2)12-6-8-13(9-7-12)15-10-4-3-5-14(15)16;1-2/h3-11H,1-2H3;1-2H3. The number of pyridine rings is 1. The van der Waals surface area contributed by atoms with Crippen molar-refractivity contribution in [1.82, 2.24) is 4.57 Å². The number of rotatable bonds is 2. The van der Waals surface area contributed by atoms with Gasteiger partial charge in [-0.15, -0.1) is 0 Å². The fourth-order valence-corrected chi connectivity index (χ4v) is 1.66. The lowest BCUT2D eigenvalue weighted by Crippen LogP contribution is -2.15. The largest absolute Gasteiger partial charge is 0.284 e. The number of aromatic nitrogens is 1. The van der Waals surface area contributed by atoms with Crippen LogP contribution in [0.3, 0.4) is 0 Å². The molecule has 18 heavy (non-hydrogen) atoms. The zero-order valence-electron chi connectivity index (χ0n) is 11.6. The van der Waals surface area contributed by atoms with Gasteiger partial charge in [0.15, 0.2) is 0 Å². The van der Waals surface area contributed by atoms with Crippen molar-refractivity contribution in [2.45, 2.75) is 33.6 Å². The second kappa shape index (κ2) is 6.80. The fraction of sp³-hybridized carbons (Fsp3) is 0.312. The second-order valence-electron chi connectivity index (χ2n) is 4.16. The molecule has 2 rings (SSSR count). The number of benzene rings is 1. The molecule has 0 aliphatic heterocycles. The van der Waals surface area contributed by atoms with Gasteiger partial charge in [0, 0.05) is 18.0 Å². The van der Waals surface area contributed by atoms with E-state index in [2.05, 4.69) is 26.0 Å². The Labute approximate surface area is 109 Å². The van der Waals surface area contributed by atoms with Gasteiger partial charge >= 0.3 is 0 Å². The highest BCUT2D eigenvalue weighted by molar-refractivity contribution is 5.35. The summed E-state index contributed by atoms with van der Waals surface area (Å²) in [4.78, 5) is 11.6. The molecule has 2 heteroatoms. The summed E-state index contributed by atoms with van der Waals surface area (Å²) >= 11 is 0. The summed E-state index contributed by atoms with van der Waals surface area (Å²) in [6.07, 6.45) is 1.78. The normalized spacial score (nSPS) is 9.83. The lowest BCUT2D eigenvalue weighted by molar-refractivity contribution is 0.864. The molecule has 1 aromatic carbocycles. The lowest BCUT2D eigenvalue weighted by atomic mass is 10.0. The predicted molar refractivity (Wildman–Crippen MR) is 77.5 cm³/mol. The molecule has 0 radical (unpaired) electrons. The average Bonchev–Trinajstić information content (AvgIpc) is 2.42. The van der Waals surface area contributed by atoms with Gasteiger partial charge in [-0.3, -0.25) is 9.36 Å². The highest BCUT2D eigenvalue weighted by atomic mass is 16.1. The summed E-state index contributed by atoms with van der Waals surface area (Å²) in [7, 11) is 0. The van der Waals surface area contributed by atoms with Crippen LogP contribution in [0.2, 0.25) is 0 Å². The fourth-order valence-electron chi connectivity index (χ4n) is 1.66. The van der Waals surface area contributed by atoms with Crippen LogP contribution in [0.25, 0.3) is 5.69 Å². The van der Waals surface area contributed by atoms with Gasteiger partial charge in [-0.1, -0.05) is 45.9 Å². The Hall–Kier alpha value is -1.83. The molecule has 0 aliphatic rings. The third-order valence-electron chi connectivity index (χ3n) is 2.66. The molecule has 1 heterocycles. The average molecular weight is 243 g/mol. The summed E-state index contributed by atoms with van der Waals surface area (Å²) in [6, 6.07) is 13.3. The van der Waals surface area contributed by atoms with E-state index in [1.807, 2.05) is 32.0 Å². The molecule has 0 bridgehead atoms. The van der Waals surface area contributed by atoms with Crippen molar-refractivity contribution in [2.75, 3.05) is 0 Å². The summed E-state index contributed by atoms with van der Waals surface area (Å²) in [5.74, 6) is 0.515. The van der Waals surface area contributed by atoms with Gasteiger partial charge in [0.25, 0.3) is 5.56 Å². The SMILES string of the molecule is CC.CC(C)c1ccc(-n2ccccc2=O)cc1. The van der Waals surface area contributed by atoms with Crippen LogP contribution in [-0.2, 0) is 0 Å². The minimum absolute atomic E-state index is 0.000188. The number of hydrogen-bond acceptors (Lipinski definition) is 1. The van der Waals surface area contributed by atoms with E-state index < -0.39 is 0 Å². The first-order valence-electron chi connectivity index (χ1n) is 6.46. The van der Waals surface area contributed by atoms with Crippen molar-refractivity contribution < 1.29 is 0 Å². The molecule has 96 valence electrons. The first kappa shape index (κ1) is 14.2. The van der Waals surface area contributed by atoms with Crippen LogP contribution in [0, 0.1) is 0 Å². The van der Waals surface area contributed by atoms with Crippen molar-refractivity contribution in [3.8, 4) is 5.69 Å². The molecule has 0 atom stereocenters. The van der Waals surface area contributed by atoms with Gasteiger partial charge in [-0.05, 0) is 29.7 Å². The molecule has 0 spiro atoms. The van der Waals surface area contributed by atoms with Crippen LogP contribution in [-0.4, -0.2) is 4.57 Å². The molecule has 2 aromatic rings. The molecule has 0 unspecified atom stereocenters. The monoisotopic (exact) mass is 243 g/mol. The Morgan fingerprint density at radius 2 is 1.56 bits per heavy atom. The maximum Gasteiger partial charge on any atom is 0.255 e. The van der Waals surface area contributed by atoms with E-state index in [1.54, 1.807) is 22.9 Å². The zero-order chi connectivity index (χ0) is 13.5. The topological polar surface area (TPSA) is 22.0 Å². The van der Waals surface area contributed by atoms with E-state index in [0.29, 0.717) is 5.92 Å². The quantitative estimate of drug-likeness (QED) is 0.781. The predicted octanol–water partition coefficient (Wildman–Crippen LogP) is 3.99. The summed E-state index contributed by atoms with van der Waals surface area (Å²) in [6.45, 7) is 8.31. The highest BCUT2D eigenvalue weighted by Gasteiger charge is 2.00. The van der Waals surface area contributed by atoms with Gasteiger partial charge in [0.05, 0.1) is 0 Å². The molecule has 0 N–H and O–H groups in total. The third kappa shape index (κ3) is 3.33. The van der Waals surface area contributed by atoms with E-state index >= 15 is 0 Å². The molecule has 0 aliphatic carbocycles. The van der Waals surface area contributed by atoms with Crippen molar-refractivity contribution in [3.63, 3.8) is 0 Å². The molecule has 0 saturated carbocycles. The summed E-state index contributed by atoms with van der Waals surface area (Å²) in [5.41, 5.74) is 2.20. The van der Waals surface area contributed by atoms with Crippen LogP contribution >= 0.6 is 0 Å². The minimum Gasteiger partial charge on any atom is -0.284 e. The van der Waals surface area contributed by atoms with Crippen molar-refractivity contribution in [1.29, 1.82) is 0 Å². The molecular weight excluding hydrogens is 222 g/mol.